The lowest BCUT2D eigenvalue weighted by Gasteiger charge is -2.49. The number of benzene rings is 1. The minimum Gasteiger partial charge on any atom is -0.461 e. The summed E-state index contributed by atoms with van der Waals surface area (Å²) in [6.45, 7) is -2.77. The molecular formula is C35H55NO22. The van der Waals surface area contributed by atoms with Crippen LogP contribution in [-0.4, -0.2) is 223 Å². The number of amides is 1. The van der Waals surface area contributed by atoms with Crippen LogP contribution in [0.25, 0.3) is 0 Å². The van der Waals surface area contributed by atoms with Crippen LogP contribution in [0.1, 0.15) is 18.9 Å². The van der Waals surface area contributed by atoms with Crippen molar-refractivity contribution < 1.29 is 109 Å². The standard InChI is InChI=1S/C35H55NO22/c1-14(41)36-22-26(48)30(57-34-27(49)31(51-2)24(46)18(10-38)53-34)20(12-40)55-33(22)58-32-25(47)19(11-39)54-35(28(32)50)56-29(17(43)9-37)23(45)16(42)8-21(44)52-13-15-6-4-3-5-7-15/h3-7,16-20,22-35,37-40,42-43,45-50H,8-13H2,1-2H3,(H,36,41)/t16?,17?,18?,19?,20?,22?,23?,24-,25-,26?,27?,28?,29+,30+,31?,32?,33-,34-,35-/m0/s1. The molecule has 0 aromatic heterocycles. The first-order valence-corrected chi connectivity index (χ1v) is 18.4. The van der Waals surface area contributed by atoms with Crippen molar-refractivity contribution in [2.24, 2.45) is 0 Å². The maximum Gasteiger partial charge on any atom is 0.308 e. The van der Waals surface area contributed by atoms with E-state index in [4.69, 9.17) is 37.9 Å². The molecule has 19 atom stereocenters. The first-order chi connectivity index (χ1) is 27.6. The molecular weight excluding hydrogens is 786 g/mol. The average molecular weight is 842 g/mol. The minimum absolute atomic E-state index is 0.157. The number of hydrogen-bond acceptors (Lipinski definition) is 22. The van der Waals surface area contributed by atoms with E-state index in [9.17, 15) is 70.9 Å². The number of nitrogens with one attached hydrogen (secondary N) is 1. The minimum atomic E-state index is -2.15. The van der Waals surface area contributed by atoms with E-state index in [1.807, 2.05) is 0 Å². The predicted octanol–water partition coefficient (Wildman–Crippen LogP) is -7.17. The molecule has 1 aromatic carbocycles. The van der Waals surface area contributed by atoms with Crippen molar-refractivity contribution in [1.29, 1.82) is 0 Å². The predicted molar refractivity (Wildman–Crippen MR) is 186 cm³/mol. The summed E-state index contributed by atoms with van der Waals surface area (Å²) in [5.74, 6) is -1.72. The molecule has 23 nitrogen and oxygen atoms in total. The molecule has 0 bridgehead atoms. The van der Waals surface area contributed by atoms with Crippen LogP contribution < -0.4 is 5.32 Å². The van der Waals surface area contributed by atoms with Crippen molar-refractivity contribution in [1.82, 2.24) is 5.32 Å². The molecule has 58 heavy (non-hydrogen) atoms. The number of methoxy groups -OCH3 is 1. The maximum atomic E-state index is 12.4. The molecule has 0 radical (unpaired) electrons. The van der Waals surface area contributed by atoms with Crippen LogP contribution in [0.5, 0.6) is 0 Å². The van der Waals surface area contributed by atoms with Crippen molar-refractivity contribution in [3.63, 3.8) is 0 Å². The fraction of sp³-hybridized carbons (Fsp3) is 0.771. The van der Waals surface area contributed by atoms with Gasteiger partial charge in [-0.3, -0.25) is 9.59 Å². The van der Waals surface area contributed by atoms with Crippen LogP contribution in [0.2, 0.25) is 0 Å². The molecule has 23 heteroatoms. The van der Waals surface area contributed by atoms with E-state index in [0.717, 1.165) is 6.92 Å². The molecule has 1 amide bonds. The number of aliphatic hydroxyl groups excluding tert-OH is 12. The van der Waals surface area contributed by atoms with Crippen molar-refractivity contribution in [3.05, 3.63) is 35.9 Å². The highest BCUT2D eigenvalue weighted by molar-refractivity contribution is 5.73. The third kappa shape index (κ3) is 11.6. The van der Waals surface area contributed by atoms with Crippen LogP contribution in [0.3, 0.4) is 0 Å². The highest BCUT2D eigenvalue weighted by atomic mass is 16.8. The van der Waals surface area contributed by atoms with Gasteiger partial charge in [-0.05, 0) is 5.56 Å². The van der Waals surface area contributed by atoms with Gasteiger partial charge in [0.25, 0.3) is 0 Å². The number of carbonyl (C=O) groups is 2. The summed E-state index contributed by atoms with van der Waals surface area (Å²) < 4.78 is 44.3. The van der Waals surface area contributed by atoms with Gasteiger partial charge in [0.2, 0.25) is 5.91 Å². The molecule has 1 aromatic rings. The molecule has 4 rings (SSSR count). The Morgan fingerprint density at radius 1 is 0.707 bits per heavy atom. The second-order valence-corrected chi connectivity index (χ2v) is 14.0. The third-order valence-electron chi connectivity index (χ3n) is 9.93. The quantitative estimate of drug-likeness (QED) is 0.0576. The van der Waals surface area contributed by atoms with E-state index < -0.39 is 161 Å². The molecule has 3 saturated heterocycles. The number of ether oxygens (including phenoxy) is 8. The van der Waals surface area contributed by atoms with Crippen molar-refractivity contribution >= 4 is 11.9 Å². The van der Waals surface area contributed by atoms with Crippen LogP contribution in [0.15, 0.2) is 30.3 Å². The first kappa shape index (κ1) is 48.1. The Balaban J connectivity index is 1.52. The fourth-order valence-electron chi connectivity index (χ4n) is 6.78. The zero-order valence-electron chi connectivity index (χ0n) is 31.5. The lowest BCUT2D eigenvalue weighted by atomic mass is 9.94. The second-order valence-electron chi connectivity index (χ2n) is 14.0. The summed E-state index contributed by atoms with van der Waals surface area (Å²) in [6.07, 6.45) is -33.0. The van der Waals surface area contributed by atoms with Gasteiger partial charge in [0.1, 0.15) is 98.1 Å². The normalized spacial score (nSPS) is 37.7. The zero-order chi connectivity index (χ0) is 42.8. The fourth-order valence-corrected chi connectivity index (χ4v) is 6.78. The Morgan fingerprint density at radius 3 is 1.83 bits per heavy atom. The van der Waals surface area contributed by atoms with E-state index in [1.54, 1.807) is 30.3 Å². The van der Waals surface area contributed by atoms with Gasteiger partial charge in [-0.25, -0.2) is 0 Å². The highest BCUT2D eigenvalue weighted by Crippen LogP contribution is 2.34. The van der Waals surface area contributed by atoms with Crippen molar-refractivity contribution in [2.75, 3.05) is 33.5 Å². The largest absolute Gasteiger partial charge is 0.461 e. The monoisotopic (exact) mass is 841 g/mol. The molecule has 3 heterocycles. The van der Waals surface area contributed by atoms with Crippen molar-refractivity contribution in [2.45, 2.75) is 136 Å². The van der Waals surface area contributed by atoms with Crippen LogP contribution in [0, 0.1) is 0 Å². The topological polar surface area (TPSA) is 363 Å². The average Bonchev–Trinajstić information content (AvgIpc) is 3.21. The molecule has 332 valence electrons. The Bertz CT molecular complexity index is 1400. The third-order valence-corrected chi connectivity index (χ3v) is 9.93. The van der Waals surface area contributed by atoms with Gasteiger partial charge in [-0.2, -0.15) is 0 Å². The summed E-state index contributed by atoms with van der Waals surface area (Å²) in [4.78, 5) is 24.8. The van der Waals surface area contributed by atoms with Gasteiger partial charge in [-0.1, -0.05) is 30.3 Å². The molecule has 3 fully saturated rings. The smallest absolute Gasteiger partial charge is 0.308 e. The number of esters is 1. The van der Waals surface area contributed by atoms with Gasteiger partial charge >= 0.3 is 5.97 Å². The number of carbonyl (C=O) groups excluding carboxylic acids is 2. The van der Waals surface area contributed by atoms with E-state index in [-0.39, 0.29) is 6.61 Å². The maximum absolute atomic E-state index is 12.4. The van der Waals surface area contributed by atoms with Crippen molar-refractivity contribution in [3.8, 4) is 0 Å². The van der Waals surface area contributed by atoms with Gasteiger partial charge in [-0.15, -0.1) is 0 Å². The van der Waals surface area contributed by atoms with E-state index in [0.29, 0.717) is 5.56 Å². The molecule has 12 unspecified atom stereocenters. The summed E-state index contributed by atoms with van der Waals surface area (Å²) in [5, 5.41) is 130. The van der Waals surface area contributed by atoms with E-state index in [2.05, 4.69) is 5.32 Å². The van der Waals surface area contributed by atoms with Gasteiger partial charge in [0.15, 0.2) is 18.9 Å². The van der Waals surface area contributed by atoms with Crippen LogP contribution in [0.4, 0.5) is 0 Å². The molecule has 3 aliphatic rings. The van der Waals surface area contributed by atoms with Crippen LogP contribution >= 0.6 is 0 Å². The molecule has 3 aliphatic heterocycles. The Kier molecular flexibility index (Phi) is 18.5. The molecule has 0 saturated carbocycles. The van der Waals surface area contributed by atoms with Gasteiger partial charge in [0.05, 0.1) is 39.0 Å². The Hall–Kier alpha value is -2.60. The number of hydrogen-bond donors (Lipinski definition) is 13. The van der Waals surface area contributed by atoms with E-state index >= 15 is 0 Å². The van der Waals surface area contributed by atoms with Gasteiger partial charge < -0.3 is 104 Å². The zero-order valence-corrected chi connectivity index (χ0v) is 31.5. The summed E-state index contributed by atoms with van der Waals surface area (Å²) in [6, 6.07) is 6.89. The summed E-state index contributed by atoms with van der Waals surface area (Å²) in [5.41, 5.74) is 0.633. The summed E-state index contributed by atoms with van der Waals surface area (Å²) in [7, 11) is 1.17. The van der Waals surface area contributed by atoms with Gasteiger partial charge in [0, 0.05) is 14.0 Å². The van der Waals surface area contributed by atoms with E-state index in [1.165, 1.54) is 7.11 Å². The summed E-state index contributed by atoms with van der Waals surface area (Å²) >= 11 is 0. The molecule has 13 N–H and O–H groups in total. The first-order valence-electron chi connectivity index (χ1n) is 18.4. The SMILES string of the molecule is COC1C(O)[C@H](O[C@@H]2C(CO)O[C@@H](OC3C(O)[C@H](O[C@H](C(O)CO)C(O)C(O)CC(=O)OCc4ccccc4)OC(CO)[C@@H]3O)C(NC(C)=O)C2O)OC(CO)[C@@H]1O. The Morgan fingerprint density at radius 2 is 1.26 bits per heavy atom. The number of aliphatic hydroxyl groups is 12. The molecule has 0 aliphatic carbocycles. The lowest BCUT2D eigenvalue weighted by Crippen LogP contribution is -2.69. The Labute approximate surface area is 331 Å². The number of rotatable bonds is 19. The lowest BCUT2D eigenvalue weighted by molar-refractivity contribution is -0.373. The second kappa shape index (κ2) is 22.3. The van der Waals surface area contributed by atoms with Crippen LogP contribution in [-0.2, 0) is 54.1 Å². The molecule has 0 spiro atoms. The highest BCUT2D eigenvalue weighted by Gasteiger charge is 2.55.